The Hall–Kier alpha value is -2.81. The van der Waals surface area contributed by atoms with Crippen LogP contribution < -0.4 is 10.6 Å². The Labute approximate surface area is 190 Å². The Balaban J connectivity index is 3.11. The molecule has 0 aromatic heterocycles. The number of carbonyl (C=O) groups excluding carboxylic acids is 3. The van der Waals surface area contributed by atoms with Crippen molar-refractivity contribution in [3.05, 3.63) is 29.3 Å². The first-order chi connectivity index (χ1) is 15.0. The van der Waals surface area contributed by atoms with Gasteiger partial charge in [0, 0.05) is 13.1 Å². The number of aromatic hydroxyl groups is 1. The van der Waals surface area contributed by atoms with Crippen molar-refractivity contribution in [3.8, 4) is 5.75 Å². The zero-order valence-electron chi connectivity index (χ0n) is 19.7. The lowest BCUT2D eigenvalue weighted by atomic mass is 10.0. The van der Waals surface area contributed by atoms with E-state index in [1.807, 2.05) is 0 Å². The van der Waals surface area contributed by atoms with E-state index >= 15 is 0 Å². The van der Waals surface area contributed by atoms with E-state index < -0.39 is 36.1 Å². The molecule has 1 aromatic rings. The Morgan fingerprint density at radius 2 is 1.84 bits per heavy atom. The highest BCUT2D eigenvalue weighted by Crippen LogP contribution is 2.26. The van der Waals surface area contributed by atoms with Crippen molar-refractivity contribution in [2.24, 2.45) is 0 Å². The van der Waals surface area contributed by atoms with Gasteiger partial charge in [0.25, 0.3) is 0 Å². The molecule has 1 rings (SSSR count). The van der Waals surface area contributed by atoms with Gasteiger partial charge in [-0.25, -0.2) is 4.79 Å². The predicted molar refractivity (Wildman–Crippen MR) is 121 cm³/mol. The summed E-state index contributed by atoms with van der Waals surface area (Å²) in [6.07, 6.45) is 2.01. The molecule has 0 aliphatic rings. The molecule has 0 radical (unpaired) electrons. The van der Waals surface area contributed by atoms with E-state index in [0.29, 0.717) is 17.7 Å². The van der Waals surface area contributed by atoms with Crippen molar-refractivity contribution in [2.75, 3.05) is 26.2 Å². The number of nitrogens with zero attached hydrogens (tertiary/aromatic N) is 1. The molecule has 0 aliphatic carbocycles. The first-order valence-corrected chi connectivity index (χ1v) is 10.9. The number of aliphatic hydroxyl groups is 1. The second-order valence-corrected chi connectivity index (χ2v) is 8.61. The molecule has 1 aromatic carbocycles. The number of amides is 3. The van der Waals surface area contributed by atoms with Crippen molar-refractivity contribution in [2.45, 2.75) is 65.5 Å². The fraction of sp³-hybridized carbons (Fsp3) is 0.609. The first-order valence-electron chi connectivity index (χ1n) is 10.9. The molecule has 1 unspecified atom stereocenters. The summed E-state index contributed by atoms with van der Waals surface area (Å²) in [5, 5.41) is 24.7. The summed E-state index contributed by atoms with van der Waals surface area (Å²) in [4.78, 5) is 39.2. The SMILES string of the molecule is CCCCCNC(=O)C(c1ccc(O)c(C)c1)N(CCO)C(=O)CNC(=O)OC(C)(C)C. The summed E-state index contributed by atoms with van der Waals surface area (Å²) in [6.45, 7) is 8.45. The van der Waals surface area contributed by atoms with Gasteiger partial charge in [0.05, 0.1) is 6.61 Å². The van der Waals surface area contributed by atoms with Crippen LogP contribution in [0, 0.1) is 6.92 Å². The molecular formula is C23H37N3O6. The molecule has 32 heavy (non-hydrogen) atoms. The molecule has 4 N–H and O–H groups in total. The molecule has 0 aliphatic heterocycles. The lowest BCUT2D eigenvalue weighted by Gasteiger charge is -2.31. The van der Waals surface area contributed by atoms with Crippen LogP contribution in [0.2, 0.25) is 0 Å². The highest BCUT2D eigenvalue weighted by molar-refractivity contribution is 5.90. The van der Waals surface area contributed by atoms with Crippen molar-refractivity contribution in [1.29, 1.82) is 0 Å². The van der Waals surface area contributed by atoms with E-state index in [-0.39, 0.29) is 18.9 Å². The van der Waals surface area contributed by atoms with E-state index in [2.05, 4.69) is 17.6 Å². The van der Waals surface area contributed by atoms with Crippen molar-refractivity contribution in [3.63, 3.8) is 0 Å². The van der Waals surface area contributed by atoms with Gasteiger partial charge in [-0.1, -0.05) is 25.8 Å². The minimum absolute atomic E-state index is 0.0717. The maximum atomic E-state index is 13.1. The molecule has 0 spiro atoms. The van der Waals surface area contributed by atoms with E-state index in [1.54, 1.807) is 39.8 Å². The molecule has 0 fully saturated rings. The minimum Gasteiger partial charge on any atom is -0.508 e. The van der Waals surface area contributed by atoms with Gasteiger partial charge in [-0.15, -0.1) is 0 Å². The molecule has 180 valence electrons. The van der Waals surface area contributed by atoms with E-state index in [9.17, 15) is 24.6 Å². The van der Waals surface area contributed by atoms with Crippen LogP contribution in [0.1, 0.15) is 64.1 Å². The number of nitrogens with one attached hydrogen (secondary N) is 2. The Kier molecular flexibility index (Phi) is 11.0. The standard InChI is InChI=1S/C23H37N3O6/c1-6-7-8-11-24-21(30)20(17-9-10-18(28)16(2)14-17)26(12-13-27)19(29)15-25-22(31)32-23(3,4)5/h9-10,14,20,27-28H,6-8,11-13,15H2,1-5H3,(H,24,30)(H,25,31). The molecule has 0 bridgehead atoms. The van der Waals surface area contributed by atoms with Crippen molar-refractivity contribution < 1.29 is 29.3 Å². The molecule has 0 saturated heterocycles. The number of hydrogen-bond acceptors (Lipinski definition) is 6. The van der Waals surface area contributed by atoms with Gasteiger partial charge >= 0.3 is 6.09 Å². The molecule has 0 saturated carbocycles. The van der Waals surface area contributed by atoms with Gasteiger partial charge in [0.15, 0.2) is 0 Å². The van der Waals surface area contributed by atoms with E-state index in [1.165, 1.54) is 11.0 Å². The third kappa shape index (κ3) is 9.13. The van der Waals surface area contributed by atoms with Crippen molar-refractivity contribution >= 4 is 17.9 Å². The number of aliphatic hydroxyl groups excluding tert-OH is 1. The van der Waals surface area contributed by atoms with Crippen LogP contribution in [-0.4, -0.2) is 64.9 Å². The number of phenols is 1. The van der Waals surface area contributed by atoms with Crippen LogP contribution in [0.25, 0.3) is 0 Å². The molecule has 1 atom stereocenters. The van der Waals surface area contributed by atoms with Crippen LogP contribution in [0.4, 0.5) is 4.79 Å². The number of benzene rings is 1. The maximum Gasteiger partial charge on any atom is 0.408 e. The van der Waals surface area contributed by atoms with Crippen LogP contribution in [0.5, 0.6) is 5.75 Å². The number of hydrogen-bond donors (Lipinski definition) is 4. The van der Waals surface area contributed by atoms with Crippen LogP contribution in [-0.2, 0) is 14.3 Å². The number of unbranched alkanes of at least 4 members (excludes halogenated alkanes) is 2. The van der Waals surface area contributed by atoms with Gasteiger partial charge in [-0.2, -0.15) is 0 Å². The quantitative estimate of drug-likeness (QED) is 0.383. The number of alkyl carbamates (subject to hydrolysis) is 1. The number of rotatable bonds is 11. The van der Waals surface area contributed by atoms with E-state index in [4.69, 9.17) is 4.74 Å². The Morgan fingerprint density at radius 1 is 1.16 bits per heavy atom. The van der Waals surface area contributed by atoms with Gasteiger partial charge < -0.3 is 30.5 Å². The van der Waals surface area contributed by atoms with Crippen molar-refractivity contribution in [1.82, 2.24) is 15.5 Å². The normalized spacial score (nSPS) is 12.1. The third-order valence-corrected chi connectivity index (χ3v) is 4.62. The number of aryl methyl sites for hydroxylation is 1. The average molecular weight is 452 g/mol. The highest BCUT2D eigenvalue weighted by Gasteiger charge is 2.31. The summed E-state index contributed by atoms with van der Waals surface area (Å²) >= 11 is 0. The monoisotopic (exact) mass is 451 g/mol. The molecule has 9 heteroatoms. The summed E-state index contributed by atoms with van der Waals surface area (Å²) in [5.74, 6) is -0.878. The zero-order valence-corrected chi connectivity index (χ0v) is 19.7. The third-order valence-electron chi connectivity index (χ3n) is 4.62. The second kappa shape index (κ2) is 12.9. The molecule has 0 heterocycles. The molecular weight excluding hydrogens is 414 g/mol. The first kappa shape index (κ1) is 27.2. The lowest BCUT2D eigenvalue weighted by molar-refractivity contribution is -0.140. The topological polar surface area (TPSA) is 128 Å². The summed E-state index contributed by atoms with van der Waals surface area (Å²) in [7, 11) is 0. The molecule has 9 nitrogen and oxygen atoms in total. The predicted octanol–water partition coefficient (Wildman–Crippen LogP) is 2.39. The smallest absolute Gasteiger partial charge is 0.408 e. The van der Waals surface area contributed by atoms with Gasteiger partial charge in [-0.3, -0.25) is 9.59 Å². The second-order valence-electron chi connectivity index (χ2n) is 8.61. The van der Waals surface area contributed by atoms with Gasteiger partial charge in [0.1, 0.15) is 23.9 Å². The molecule has 3 amide bonds. The maximum absolute atomic E-state index is 13.1. The van der Waals surface area contributed by atoms with Crippen LogP contribution in [0.15, 0.2) is 18.2 Å². The van der Waals surface area contributed by atoms with Crippen LogP contribution >= 0.6 is 0 Å². The van der Waals surface area contributed by atoms with Crippen LogP contribution in [0.3, 0.4) is 0 Å². The fourth-order valence-electron chi connectivity index (χ4n) is 3.07. The van der Waals surface area contributed by atoms with E-state index in [0.717, 1.165) is 19.3 Å². The van der Waals surface area contributed by atoms with Gasteiger partial charge in [-0.05, 0) is 57.4 Å². The fourth-order valence-corrected chi connectivity index (χ4v) is 3.07. The number of ether oxygens (including phenoxy) is 1. The minimum atomic E-state index is -1.03. The Morgan fingerprint density at radius 3 is 2.41 bits per heavy atom. The lowest BCUT2D eigenvalue weighted by Crippen LogP contribution is -2.48. The number of phenolic OH excluding ortho intramolecular Hbond substituents is 1. The number of carbonyl (C=O) groups is 3. The average Bonchev–Trinajstić information content (AvgIpc) is 2.70. The Bertz CT molecular complexity index is 775. The zero-order chi connectivity index (χ0) is 24.3. The van der Waals surface area contributed by atoms with Gasteiger partial charge in [0.2, 0.25) is 11.8 Å². The summed E-state index contributed by atoms with van der Waals surface area (Å²) in [5.41, 5.74) is 0.324. The highest BCUT2D eigenvalue weighted by atomic mass is 16.6. The summed E-state index contributed by atoms with van der Waals surface area (Å²) in [6, 6.07) is 3.63. The summed E-state index contributed by atoms with van der Waals surface area (Å²) < 4.78 is 5.15. The largest absolute Gasteiger partial charge is 0.508 e.